The van der Waals surface area contributed by atoms with E-state index in [1.54, 1.807) is 7.11 Å². The van der Waals surface area contributed by atoms with Crippen molar-refractivity contribution in [2.75, 3.05) is 57.0 Å². The van der Waals surface area contributed by atoms with E-state index in [0.717, 1.165) is 43.5 Å². The number of urea groups is 1. The monoisotopic (exact) mass is 427 g/mol. The molecule has 0 radical (unpaired) electrons. The van der Waals surface area contributed by atoms with Crippen LogP contribution in [0.25, 0.3) is 0 Å². The summed E-state index contributed by atoms with van der Waals surface area (Å²) in [4.78, 5) is 16.7. The zero-order valence-electron chi connectivity index (χ0n) is 17.5. The van der Waals surface area contributed by atoms with Gasteiger partial charge in [-0.1, -0.05) is 30.3 Å². The molecule has 2 aromatic carbocycles. The van der Waals surface area contributed by atoms with Crippen LogP contribution >= 0.6 is 12.2 Å². The summed E-state index contributed by atoms with van der Waals surface area (Å²) in [5.41, 5.74) is 2.88. The third-order valence-electron chi connectivity index (χ3n) is 5.11. The fourth-order valence-corrected chi connectivity index (χ4v) is 3.62. The largest absolute Gasteiger partial charge is 0.495 e. The van der Waals surface area contributed by atoms with Gasteiger partial charge in [0.1, 0.15) is 5.75 Å². The van der Waals surface area contributed by atoms with Gasteiger partial charge in [-0.15, -0.1) is 0 Å². The normalized spacial score (nSPS) is 14.1. The van der Waals surface area contributed by atoms with E-state index in [1.165, 1.54) is 5.56 Å². The Hall–Kier alpha value is -2.84. The zero-order valence-corrected chi connectivity index (χ0v) is 18.3. The van der Waals surface area contributed by atoms with E-state index in [1.807, 2.05) is 42.5 Å². The quantitative estimate of drug-likeness (QED) is 0.616. The minimum Gasteiger partial charge on any atom is -0.495 e. The van der Waals surface area contributed by atoms with Crippen molar-refractivity contribution in [1.82, 2.24) is 15.1 Å². The van der Waals surface area contributed by atoms with Crippen LogP contribution in [0.15, 0.2) is 48.5 Å². The Bertz CT molecular complexity index is 868. The van der Waals surface area contributed by atoms with Gasteiger partial charge in [0.05, 0.1) is 12.8 Å². The summed E-state index contributed by atoms with van der Waals surface area (Å²) >= 11 is 5.58. The van der Waals surface area contributed by atoms with E-state index in [2.05, 4.69) is 38.7 Å². The van der Waals surface area contributed by atoms with Crippen molar-refractivity contribution in [2.45, 2.75) is 6.92 Å². The molecule has 1 aliphatic rings. The second-order valence-electron chi connectivity index (χ2n) is 7.15. The molecule has 160 valence electrons. The molecular weight excluding hydrogens is 398 g/mol. The van der Waals surface area contributed by atoms with Crippen molar-refractivity contribution in [3.63, 3.8) is 0 Å². The number of nitrogens with one attached hydrogen (secondary N) is 3. The highest BCUT2D eigenvalue weighted by atomic mass is 32.1. The number of carbonyl (C=O) groups excluding carboxylic acids is 1. The van der Waals surface area contributed by atoms with E-state index in [9.17, 15) is 4.79 Å². The van der Waals surface area contributed by atoms with Crippen LogP contribution in [0, 0.1) is 6.92 Å². The maximum atomic E-state index is 12.1. The highest BCUT2D eigenvalue weighted by molar-refractivity contribution is 7.80. The summed E-state index contributed by atoms with van der Waals surface area (Å²) < 4.78 is 5.25. The molecular formula is C22H29N5O2S. The Kier molecular flexibility index (Phi) is 7.87. The van der Waals surface area contributed by atoms with E-state index in [4.69, 9.17) is 17.0 Å². The molecule has 30 heavy (non-hydrogen) atoms. The van der Waals surface area contributed by atoms with Gasteiger partial charge < -0.3 is 25.6 Å². The molecule has 3 N–H and O–H groups in total. The molecule has 1 aliphatic heterocycles. The van der Waals surface area contributed by atoms with Crippen molar-refractivity contribution in [3.05, 3.63) is 54.1 Å². The van der Waals surface area contributed by atoms with Gasteiger partial charge in [0.25, 0.3) is 0 Å². The third-order valence-corrected chi connectivity index (χ3v) is 5.48. The summed E-state index contributed by atoms with van der Waals surface area (Å²) in [6.07, 6.45) is 0. The topological polar surface area (TPSA) is 68.9 Å². The van der Waals surface area contributed by atoms with Crippen LogP contribution in [0.4, 0.5) is 16.2 Å². The van der Waals surface area contributed by atoms with Crippen LogP contribution in [-0.4, -0.2) is 67.3 Å². The lowest BCUT2D eigenvalue weighted by Crippen LogP contribution is -2.51. The molecule has 0 spiro atoms. The van der Waals surface area contributed by atoms with E-state index >= 15 is 0 Å². The predicted octanol–water partition coefficient (Wildman–Crippen LogP) is 3.14. The number of hydrogen-bond acceptors (Lipinski definition) is 4. The van der Waals surface area contributed by atoms with Crippen LogP contribution in [0.1, 0.15) is 5.56 Å². The highest BCUT2D eigenvalue weighted by Crippen LogP contribution is 2.22. The number of benzene rings is 2. The number of para-hydroxylation sites is 3. The van der Waals surface area contributed by atoms with Crippen molar-refractivity contribution >= 4 is 34.7 Å². The number of rotatable bonds is 6. The van der Waals surface area contributed by atoms with Crippen molar-refractivity contribution < 1.29 is 9.53 Å². The average Bonchev–Trinajstić information content (AvgIpc) is 2.76. The van der Waals surface area contributed by atoms with Crippen LogP contribution in [-0.2, 0) is 0 Å². The molecule has 0 bridgehead atoms. The summed E-state index contributed by atoms with van der Waals surface area (Å²) in [7, 11) is 1.58. The van der Waals surface area contributed by atoms with Crippen LogP contribution in [0.5, 0.6) is 5.75 Å². The van der Waals surface area contributed by atoms with Gasteiger partial charge in [-0.2, -0.15) is 0 Å². The number of ether oxygens (including phenoxy) is 1. The number of hydrogen-bond donors (Lipinski definition) is 3. The lowest BCUT2D eigenvalue weighted by atomic mass is 10.2. The van der Waals surface area contributed by atoms with Gasteiger partial charge in [-0.05, 0) is 42.9 Å². The first kappa shape index (κ1) is 21.9. The number of carbonyl (C=O) groups is 1. The highest BCUT2D eigenvalue weighted by Gasteiger charge is 2.19. The Morgan fingerprint density at radius 1 is 1.00 bits per heavy atom. The van der Waals surface area contributed by atoms with E-state index < -0.39 is 0 Å². The first-order chi connectivity index (χ1) is 14.6. The molecule has 8 heteroatoms. The molecule has 0 atom stereocenters. The number of anilines is 2. The van der Waals surface area contributed by atoms with Crippen LogP contribution in [0.2, 0.25) is 0 Å². The number of piperazine rings is 1. The Morgan fingerprint density at radius 3 is 2.37 bits per heavy atom. The van der Waals surface area contributed by atoms with E-state index in [0.29, 0.717) is 18.0 Å². The van der Waals surface area contributed by atoms with Gasteiger partial charge in [0.15, 0.2) is 5.11 Å². The Labute approximate surface area is 183 Å². The molecule has 3 rings (SSSR count). The molecule has 2 amide bonds. The van der Waals surface area contributed by atoms with Crippen LogP contribution in [0.3, 0.4) is 0 Å². The van der Waals surface area contributed by atoms with Gasteiger partial charge in [0.2, 0.25) is 0 Å². The second-order valence-corrected chi connectivity index (χ2v) is 7.54. The number of aryl methyl sites for hydroxylation is 1. The number of amides is 2. The van der Waals surface area contributed by atoms with Crippen molar-refractivity contribution in [2.24, 2.45) is 0 Å². The zero-order chi connectivity index (χ0) is 21.3. The molecule has 0 aromatic heterocycles. The van der Waals surface area contributed by atoms with Crippen LogP contribution < -0.4 is 20.7 Å². The lowest BCUT2D eigenvalue weighted by Gasteiger charge is -2.36. The van der Waals surface area contributed by atoms with E-state index in [-0.39, 0.29) is 6.03 Å². The molecule has 7 nitrogen and oxygen atoms in total. The smallest absolute Gasteiger partial charge is 0.319 e. The summed E-state index contributed by atoms with van der Waals surface area (Å²) in [6.45, 7) is 6.99. The minimum atomic E-state index is -0.234. The maximum absolute atomic E-state index is 12.1. The minimum absolute atomic E-state index is 0.234. The SMILES string of the molecule is COc1ccccc1NC(=O)NCCN1CCN(C(=S)Nc2ccccc2C)CC1. The first-order valence-electron chi connectivity index (χ1n) is 10.1. The van der Waals surface area contributed by atoms with Gasteiger partial charge in [-0.25, -0.2) is 4.79 Å². The average molecular weight is 428 g/mol. The summed E-state index contributed by atoms with van der Waals surface area (Å²) in [6, 6.07) is 15.2. The third kappa shape index (κ3) is 6.08. The molecule has 0 aliphatic carbocycles. The molecule has 0 saturated carbocycles. The molecule has 0 unspecified atom stereocenters. The van der Waals surface area contributed by atoms with Gasteiger partial charge >= 0.3 is 6.03 Å². The number of thiocarbonyl (C=S) groups is 1. The molecule has 1 saturated heterocycles. The molecule has 1 heterocycles. The summed E-state index contributed by atoms with van der Waals surface area (Å²) in [5.74, 6) is 0.638. The fraction of sp³-hybridized carbons (Fsp3) is 0.364. The molecule has 2 aromatic rings. The van der Waals surface area contributed by atoms with Gasteiger partial charge in [-0.3, -0.25) is 4.90 Å². The second kappa shape index (κ2) is 10.8. The lowest BCUT2D eigenvalue weighted by molar-refractivity contribution is 0.184. The standard InChI is InChI=1S/C22H29N5O2S/c1-17-7-3-4-8-18(17)25-22(30)27-15-13-26(14-16-27)12-11-23-21(28)24-19-9-5-6-10-20(19)29-2/h3-10H,11-16H2,1-2H3,(H,25,30)(H2,23,24,28). The Balaban J connectivity index is 1.36. The fourth-order valence-electron chi connectivity index (χ4n) is 3.32. The van der Waals surface area contributed by atoms with Gasteiger partial charge in [0, 0.05) is 45.0 Å². The Morgan fingerprint density at radius 2 is 1.67 bits per heavy atom. The number of nitrogens with zero attached hydrogens (tertiary/aromatic N) is 2. The number of methoxy groups -OCH3 is 1. The maximum Gasteiger partial charge on any atom is 0.319 e. The molecule has 1 fully saturated rings. The van der Waals surface area contributed by atoms with Crippen molar-refractivity contribution in [3.8, 4) is 5.75 Å². The predicted molar refractivity (Wildman–Crippen MR) is 125 cm³/mol. The van der Waals surface area contributed by atoms with Crippen molar-refractivity contribution in [1.29, 1.82) is 0 Å². The summed E-state index contributed by atoms with van der Waals surface area (Å²) in [5, 5.41) is 9.84. The first-order valence-corrected chi connectivity index (χ1v) is 10.5.